The van der Waals surface area contributed by atoms with Gasteiger partial charge in [-0.25, -0.2) is 8.78 Å². The van der Waals surface area contributed by atoms with E-state index in [1.54, 1.807) is 0 Å². The molecule has 1 aliphatic rings. The molecule has 0 spiro atoms. The number of rotatable bonds is 2. The summed E-state index contributed by atoms with van der Waals surface area (Å²) in [7, 11) is 0. The van der Waals surface area contributed by atoms with Gasteiger partial charge in [0.1, 0.15) is 0 Å². The van der Waals surface area contributed by atoms with Gasteiger partial charge in [-0.05, 0) is 25.2 Å². The molecule has 68 valence electrons. The second-order valence-electron chi connectivity index (χ2n) is 3.54. The van der Waals surface area contributed by atoms with Gasteiger partial charge < -0.3 is 0 Å². The fraction of sp³-hybridized carbons (Fsp3) is 0.800. The van der Waals surface area contributed by atoms with Crippen LogP contribution in [0.4, 0.5) is 8.78 Å². The molecule has 1 rings (SSSR count). The summed E-state index contributed by atoms with van der Waals surface area (Å²) in [5.41, 5.74) is 0. The maximum absolute atomic E-state index is 12.7. The van der Waals surface area contributed by atoms with Crippen LogP contribution in [0, 0.1) is 18.3 Å². The first kappa shape index (κ1) is 9.51. The average molecular weight is 172 g/mol. The molecule has 12 heavy (non-hydrogen) atoms. The zero-order chi connectivity index (χ0) is 9.03. The molecular formula is C10H14F2. The summed E-state index contributed by atoms with van der Waals surface area (Å²) >= 11 is 0. The fourth-order valence-electron chi connectivity index (χ4n) is 1.68. The molecule has 1 aliphatic carbocycles. The third kappa shape index (κ3) is 2.81. The van der Waals surface area contributed by atoms with Gasteiger partial charge in [0.25, 0.3) is 0 Å². The van der Waals surface area contributed by atoms with Crippen molar-refractivity contribution >= 4 is 0 Å². The van der Waals surface area contributed by atoms with Crippen LogP contribution in [-0.2, 0) is 0 Å². The smallest absolute Gasteiger partial charge is 0.207 e. The second kappa shape index (κ2) is 3.89. The highest BCUT2D eigenvalue weighted by molar-refractivity contribution is 4.86. The van der Waals surface area contributed by atoms with Crippen LogP contribution in [0.25, 0.3) is 0 Å². The molecular weight excluding hydrogens is 158 g/mol. The molecule has 0 N–H and O–H groups in total. The summed E-state index contributed by atoms with van der Waals surface area (Å²) in [6.45, 7) is 0. The van der Waals surface area contributed by atoms with Crippen LogP contribution in [-0.4, -0.2) is 5.92 Å². The summed E-state index contributed by atoms with van der Waals surface area (Å²) in [4.78, 5) is 0. The summed E-state index contributed by atoms with van der Waals surface area (Å²) < 4.78 is 25.3. The SMILES string of the molecule is C#CCCC1CCC(F)(F)CC1. The van der Waals surface area contributed by atoms with Crippen LogP contribution < -0.4 is 0 Å². The van der Waals surface area contributed by atoms with Crippen molar-refractivity contribution in [1.82, 2.24) is 0 Å². The van der Waals surface area contributed by atoms with Gasteiger partial charge in [0, 0.05) is 19.3 Å². The van der Waals surface area contributed by atoms with E-state index in [2.05, 4.69) is 5.92 Å². The first-order valence-corrected chi connectivity index (χ1v) is 4.45. The zero-order valence-corrected chi connectivity index (χ0v) is 7.15. The molecule has 1 fully saturated rings. The Morgan fingerprint density at radius 1 is 1.33 bits per heavy atom. The van der Waals surface area contributed by atoms with E-state index in [4.69, 9.17) is 6.42 Å². The summed E-state index contributed by atoms with van der Waals surface area (Å²) in [6, 6.07) is 0. The molecule has 0 amide bonds. The number of terminal acetylenes is 1. The van der Waals surface area contributed by atoms with E-state index in [0.717, 1.165) is 12.8 Å². The van der Waals surface area contributed by atoms with Crippen molar-refractivity contribution in [3.05, 3.63) is 0 Å². The van der Waals surface area contributed by atoms with E-state index in [9.17, 15) is 8.78 Å². The molecule has 0 unspecified atom stereocenters. The number of hydrogen-bond donors (Lipinski definition) is 0. The average Bonchev–Trinajstić information content (AvgIpc) is 2.03. The Labute approximate surface area is 72.3 Å². The Morgan fingerprint density at radius 3 is 2.42 bits per heavy atom. The predicted molar refractivity (Wildman–Crippen MR) is 45.0 cm³/mol. The molecule has 0 heterocycles. The van der Waals surface area contributed by atoms with Crippen LogP contribution in [0.15, 0.2) is 0 Å². The normalized spacial score (nSPS) is 23.4. The van der Waals surface area contributed by atoms with Crippen molar-refractivity contribution < 1.29 is 8.78 Å². The molecule has 2 heteroatoms. The first-order chi connectivity index (χ1) is 5.64. The molecule has 0 nitrogen and oxygen atoms in total. The van der Waals surface area contributed by atoms with Gasteiger partial charge in [-0.2, -0.15) is 0 Å². The Morgan fingerprint density at radius 2 is 1.92 bits per heavy atom. The Bertz CT molecular complexity index is 169. The van der Waals surface area contributed by atoms with Gasteiger partial charge in [-0.15, -0.1) is 12.3 Å². The third-order valence-corrected chi connectivity index (χ3v) is 2.53. The van der Waals surface area contributed by atoms with Crippen molar-refractivity contribution in [2.75, 3.05) is 0 Å². The lowest BCUT2D eigenvalue weighted by Gasteiger charge is -2.27. The van der Waals surface area contributed by atoms with Crippen molar-refractivity contribution in [3.8, 4) is 12.3 Å². The molecule has 1 saturated carbocycles. The van der Waals surface area contributed by atoms with Crippen molar-refractivity contribution in [2.24, 2.45) is 5.92 Å². The molecule has 0 saturated heterocycles. The van der Waals surface area contributed by atoms with Crippen LogP contribution in [0.5, 0.6) is 0 Å². The molecule has 0 aromatic carbocycles. The van der Waals surface area contributed by atoms with E-state index in [-0.39, 0.29) is 12.8 Å². The largest absolute Gasteiger partial charge is 0.248 e. The number of halogens is 2. The highest BCUT2D eigenvalue weighted by Gasteiger charge is 2.34. The maximum atomic E-state index is 12.7. The molecule has 0 aromatic heterocycles. The van der Waals surface area contributed by atoms with Crippen LogP contribution in [0.1, 0.15) is 38.5 Å². The quantitative estimate of drug-likeness (QED) is 0.561. The van der Waals surface area contributed by atoms with E-state index in [1.165, 1.54) is 0 Å². The minimum atomic E-state index is -2.40. The number of alkyl halides is 2. The van der Waals surface area contributed by atoms with E-state index in [0.29, 0.717) is 18.8 Å². The summed E-state index contributed by atoms with van der Waals surface area (Å²) in [5.74, 6) is 0.597. The highest BCUT2D eigenvalue weighted by atomic mass is 19.3. The highest BCUT2D eigenvalue weighted by Crippen LogP contribution is 2.37. The lowest BCUT2D eigenvalue weighted by Crippen LogP contribution is -2.24. The molecule has 0 aromatic rings. The fourth-order valence-corrected chi connectivity index (χ4v) is 1.68. The maximum Gasteiger partial charge on any atom is 0.248 e. The standard InChI is InChI=1S/C10H14F2/c1-2-3-4-9-5-7-10(11,12)8-6-9/h1,9H,3-8H2. The van der Waals surface area contributed by atoms with Crippen molar-refractivity contribution in [2.45, 2.75) is 44.4 Å². The van der Waals surface area contributed by atoms with Gasteiger partial charge in [0.2, 0.25) is 5.92 Å². The van der Waals surface area contributed by atoms with Gasteiger partial charge in [0.05, 0.1) is 0 Å². The third-order valence-electron chi connectivity index (χ3n) is 2.53. The van der Waals surface area contributed by atoms with Crippen molar-refractivity contribution in [3.63, 3.8) is 0 Å². The Kier molecular flexibility index (Phi) is 3.08. The van der Waals surface area contributed by atoms with Gasteiger partial charge in [-0.1, -0.05) is 0 Å². The van der Waals surface area contributed by atoms with Crippen LogP contribution >= 0.6 is 0 Å². The van der Waals surface area contributed by atoms with Gasteiger partial charge in [0.15, 0.2) is 0 Å². The zero-order valence-electron chi connectivity index (χ0n) is 7.15. The minimum absolute atomic E-state index is 0.0578. The van der Waals surface area contributed by atoms with Gasteiger partial charge in [-0.3, -0.25) is 0 Å². The Hall–Kier alpha value is -0.580. The van der Waals surface area contributed by atoms with Crippen LogP contribution in [0.2, 0.25) is 0 Å². The number of hydrogen-bond acceptors (Lipinski definition) is 0. The molecule has 0 atom stereocenters. The summed E-state index contributed by atoms with van der Waals surface area (Å²) in [6.07, 6.45) is 8.17. The first-order valence-electron chi connectivity index (χ1n) is 4.45. The molecule has 0 radical (unpaired) electrons. The lowest BCUT2D eigenvalue weighted by atomic mass is 9.84. The molecule has 0 bridgehead atoms. The van der Waals surface area contributed by atoms with Crippen LogP contribution in [0.3, 0.4) is 0 Å². The molecule has 0 aliphatic heterocycles. The van der Waals surface area contributed by atoms with Gasteiger partial charge >= 0.3 is 0 Å². The second-order valence-corrected chi connectivity index (χ2v) is 3.54. The monoisotopic (exact) mass is 172 g/mol. The Balaban J connectivity index is 2.23. The predicted octanol–water partition coefficient (Wildman–Crippen LogP) is 3.23. The minimum Gasteiger partial charge on any atom is -0.207 e. The van der Waals surface area contributed by atoms with E-state index < -0.39 is 5.92 Å². The topological polar surface area (TPSA) is 0 Å². The van der Waals surface area contributed by atoms with E-state index >= 15 is 0 Å². The summed E-state index contributed by atoms with van der Waals surface area (Å²) in [5, 5.41) is 0. The van der Waals surface area contributed by atoms with E-state index in [1.807, 2.05) is 0 Å². The van der Waals surface area contributed by atoms with Crippen molar-refractivity contribution in [1.29, 1.82) is 0 Å². The lowest BCUT2D eigenvalue weighted by molar-refractivity contribution is -0.0463.